The molecule has 0 spiro atoms. The Bertz CT molecular complexity index is 413. The van der Waals surface area contributed by atoms with Crippen molar-refractivity contribution < 1.29 is 9.84 Å². The van der Waals surface area contributed by atoms with Gasteiger partial charge in [-0.05, 0) is 30.0 Å². The minimum absolute atomic E-state index is 0.119. The molecule has 0 saturated heterocycles. The number of hydrogen-bond acceptors (Lipinski definition) is 2. The zero-order valence-corrected chi connectivity index (χ0v) is 13.4. The summed E-state index contributed by atoms with van der Waals surface area (Å²) in [5.74, 6) is 0. The number of benzene rings is 1. The van der Waals surface area contributed by atoms with Gasteiger partial charge in [0.15, 0.2) is 0 Å². The van der Waals surface area contributed by atoms with Gasteiger partial charge in [0.2, 0.25) is 0 Å². The summed E-state index contributed by atoms with van der Waals surface area (Å²) in [7, 11) is 0. The molecule has 0 fully saturated rings. The van der Waals surface area contributed by atoms with E-state index in [9.17, 15) is 5.11 Å². The third kappa shape index (κ3) is 4.96. The van der Waals surface area contributed by atoms with Crippen molar-refractivity contribution in [3.63, 3.8) is 0 Å². The molecule has 0 aliphatic rings. The SMILES string of the molecule is CCOC(C(O)Cc1ccc(Cl)c(Cl)c1)C(C)(C)C. The summed E-state index contributed by atoms with van der Waals surface area (Å²) in [6.07, 6.45) is -0.289. The topological polar surface area (TPSA) is 29.5 Å². The van der Waals surface area contributed by atoms with E-state index in [1.165, 1.54) is 0 Å². The van der Waals surface area contributed by atoms with E-state index >= 15 is 0 Å². The maximum atomic E-state index is 10.4. The molecule has 2 atom stereocenters. The van der Waals surface area contributed by atoms with Gasteiger partial charge in [-0.1, -0.05) is 50.0 Å². The molecule has 2 nitrogen and oxygen atoms in total. The van der Waals surface area contributed by atoms with Gasteiger partial charge in [-0.15, -0.1) is 0 Å². The molecule has 19 heavy (non-hydrogen) atoms. The van der Waals surface area contributed by atoms with Gasteiger partial charge in [-0.25, -0.2) is 0 Å². The van der Waals surface area contributed by atoms with Crippen molar-refractivity contribution >= 4 is 23.2 Å². The summed E-state index contributed by atoms with van der Waals surface area (Å²) in [5.41, 5.74) is 0.835. The van der Waals surface area contributed by atoms with Crippen LogP contribution in [0, 0.1) is 5.41 Å². The van der Waals surface area contributed by atoms with Crippen LogP contribution in [-0.4, -0.2) is 23.9 Å². The summed E-state index contributed by atoms with van der Waals surface area (Å²) in [6, 6.07) is 5.42. The number of aliphatic hydroxyl groups excluding tert-OH is 1. The molecule has 108 valence electrons. The highest BCUT2D eigenvalue weighted by Crippen LogP contribution is 2.28. The predicted molar refractivity (Wildman–Crippen MR) is 81.0 cm³/mol. The molecule has 4 heteroatoms. The first kappa shape index (κ1) is 16.8. The lowest BCUT2D eigenvalue weighted by atomic mass is 9.83. The van der Waals surface area contributed by atoms with Crippen LogP contribution in [0.2, 0.25) is 10.0 Å². The van der Waals surface area contributed by atoms with E-state index in [1.807, 2.05) is 13.0 Å². The quantitative estimate of drug-likeness (QED) is 0.876. The summed E-state index contributed by atoms with van der Waals surface area (Å²) in [4.78, 5) is 0. The fraction of sp³-hybridized carbons (Fsp3) is 0.600. The van der Waals surface area contributed by atoms with Crippen LogP contribution in [0.1, 0.15) is 33.3 Å². The standard InChI is InChI=1S/C15H22Cl2O2/c1-5-19-14(15(2,3)4)13(18)9-10-6-7-11(16)12(17)8-10/h6-8,13-14,18H,5,9H2,1-4H3. The maximum Gasteiger partial charge on any atom is 0.0885 e. The third-order valence-corrected chi connectivity index (χ3v) is 3.72. The van der Waals surface area contributed by atoms with Gasteiger partial charge < -0.3 is 9.84 Å². The van der Waals surface area contributed by atoms with E-state index in [1.54, 1.807) is 12.1 Å². The fourth-order valence-electron chi connectivity index (χ4n) is 2.13. The molecule has 1 N–H and O–H groups in total. The minimum atomic E-state index is -0.572. The van der Waals surface area contributed by atoms with Crippen LogP contribution in [0.3, 0.4) is 0 Å². The van der Waals surface area contributed by atoms with Crippen LogP contribution in [-0.2, 0) is 11.2 Å². The van der Waals surface area contributed by atoms with E-state index < -0.39 is 6.10 Å². The molecular formula is C15H22Cl2O2. The molecule has 0 amide bonds. The van der Waals surface area contributed by atoms with Crippen LogP contribution in [0.25, 0.3) is 0 Å². The molecule has 1 aromatic rings. The lowest BCUT2D eigenvalue weighted by molar-refractivity contribution is -0.0873. The Labute approximate surface area is 125 Å². The first-order valence-electron chi connectivity index (χ1n) is 6.49. The van der Waals surface area contributed by atoms with E-state index in [0.29, 0.717) is 23.1 Å². The Morgan fingerprint density at radius 1 is 1.21 bits per heavy atom. The largest absolute Gasteiger partial charge is 0.390 e. The monoisotopic (exact) mass is 304 g/mol. The van der Waals surface area contributed by atoms with Gasteiger partial charge in [-0.3, -0.25) is 0 Å². The number of hydrogen-bond donors (Lipinski definition) is 1. The molecule has 0 heterocycles. The lowest BCUT2D eigenvalue weighted by Crippen LogP contribution is -2.41. The second-order valence-electron chi connectivity index (χ2n) is 5.76. The molecule has 0 aliphatic carbocycles. The molecular weight excluding hydrogens is 283 g/mol. The van der Waals surface area contributed by atoms with Crippen molar-refractivity contribution in [1.29, 1.82) is 0 Å². The Morgan fingerprint density at radius 2 is 1.84 bits per heavy atom. The van der Waals surface area contributed by atoms with Crippen LogP contribution in [0.15, 0.2) is 18.2 Å². The number of halogens is 2. The third-order valence-electron chi connectivity index (χ3n) is 2.98. The first-order chi connectivity index (χ1) is 8.75. The molecule has 0 saturated carbocycles. The molecule has 1 aromatic carbocycles. The van der Waals surface area contributed by atoms with Gasteiger partial charge in [0, 0.05) is 13.0 Å². The van der Waals surface area contributed by atoms with E-state index in [-0.39, 0.29) is 11.5 Å². The highest BCUT2D eigenvalue weighted by atomic mass is 35.5. The molecule has 0 bridgehead atoms. The maximum absolute atomic E-state index is 10.4. The summed E-state index contributed by atoms with van der Waals surface area (Å²) in [5, 5.41) is 11.4. The van der Waals surface area contributed by atoms with Crippen LogP contribution in [0.4, 0.5) is 0 Å². The first-order valence-corrected chi connectivity index (χ1v) is 7.25. The molecule has 2 unspecified atom stereocenters. The summed E-state index contributed by atoms with van der Waals surface area (Å²) < 4.78 is 5.69. The fourth-order valence-corrected chi connectivity index (χ4v) is 2.45. The zero-order valence-electron chi connectivity index (χ0n) is 11.9. The highest BCUT2D eigenvalue weighted by Gasteiger charge is 2.31. The van der Waals surface area contributed by atoms with E-state index in [2.05, 4.69) is 20.8 Å². The average molecular weight is 305 g/mol. The summed E-state index contributed by atoms with van der Waals surface area (Å²) in [6.45, 7) is 8.70. The second kappa shape index (κ2) is 6.94. The van der Waals surface area contributed by atoms with Gasteiger partial charge in [0.1, 0.15) is 0 Å². The van der Waals surface area contributed by atoms with E-state index in [0.717, 1.165) is 5.56 Å². The summed E-state index contributed by atoms with van der Waals surface area (Å²) >= 11 is 11.9. The van der Waals surface area contributed by atoms with Gasteiger partial charge in [-0.2, -0.15) is 0 Å². The van der Waals surface area contributed by atoms with Crippen molar-refractivity contribution in [2.24, 2.45) is 5.41 Å². The highest BCUT2D eigenvalue weighted by molar-refractivity contribution is 6.42. The Balaban J connectivity index is 2.81. The Morgan fingerprint density at radius 3 is 2.32 bits per heavy atom. The van der Waals surface area contributed by atoms with Crippen LogP contribution >= 0.6 is 23.2 Å². The second-order valence-corrected chi connectivity index (χ2v) is 6.58. The van der Waals surface area contributed by atoms with Crippen LogP contribution in [0.5, 0.6) is 0 Å². The van der Waals surface area contributed by atoms with Gasteiger partial charge in [0.25, 0.3) is 0 Å². The molecule has 0 aromatic heterocycles. The lowest BCUT2D eigenvalue weighted by Gasteiger charge is -2.34. The minimum Gasteiger partial charge on any atom is -0.390 e. The van der Waals surface area contributed by atoms with Crippen molar-refractivity contribution in [2.75, 3.05) is 6.61 Å². The van der Waals surface area contributed by atoms with Crippen molar-refractivity contribution in [3.05, 3.63) is 33.8 Å². The molecule has 1 rings (SSSR count). The van der Waals surface area contributed by atoms with Crippen molar-refractivity contribution in [2.45, 2.75) is 46.3 Å². The van der Waals surface area contributed by atoms with Crippen molar-refractivity contribution in [3.8, 4) is 0 Å². The molecule has 0 aliphatic heterocycles. The van der Waals surface area contributed by atoms with E-state index in [4.69, 9.17) is 27.9 Å². The predicted octanol–water partition coefficient (Wildman–Crippen LogP) is 4.35. The number of ether oxygens (including phenoxy) is 1. The normalized spacial score (nSPS) is 15.3. The Kier molecular flexibility index (Phi) is 6.13. The van der Waals surface area contributed by atoms with Gasteiger partial charge >= 0.3 is 0 Å². The van der Waals surface area contributed by atoms with Gasteiger partial charge in [0.05, 0.1) is 22.3 Å². The zero-order chi connectivity index (χ0) is 14.6. The van der Waals surface area contributed by atoms with Crippen LogP contribution < -0.4 is 0 Å². The number of aliphatic hydroxyl groups is 1. The Hall–Kier alpha value is -0.280. The average Bonchev–Trinajstić information content (AvgIpc) is 2.29. The molecule has 0 radical (unpaired) electrons. The smallest absolute Gasteiger partial charge is 0.0885 e. The van der Waals surface area contributed by atoms with Crippen molar-refractivity contribution in [1.82, 2.24) is 0 Å². The number of rotatable bonds is 5.